The van der Waals surface area contributed by atoms with Crippen LogP contribution in [-0.2, 0) is 12.8 Å². The van der Waals surface area contributed by atoms with Crippen molar-refractivity contribution in [3.8, 4) is 0 Å². The lowest BCUT2D eigenvalue weighted by Crippen LogP contribution is -2.31. The summed E-state index contributed by atoms with van der Waals surface area (Å²) in [5, 5.41) is 3.51. The molecule has 0 spiro atoms. The number of hydrogen-bond donors (Lipinski definition) is 1. The van der Waals surface area contributed by atoms with Crippen molar-refractivity contribution in [1.82, 2.24) is 10.3 Å². The van der Waals surface area contributed by atoms with E-state index in [1.165, 1.54) is 0 Å². The van der Waals surface area contributed by atoms with Gasteiger partial charge in [0.05, 0.1) is 6.26 Å². The normalized spacial score (nSPS) is 12.5. The number of nitrogens with zero attached hydrogens (tertiary/aromatic N) is 1. The first-order chi connectivity index (χ1) is 8.88. The Morgan fingerprint density at radius 1 is 1.28 bits per heavy atom. The van der Waals surface area contributed by atoms with E-state index < -0.39 is 0 Å². The molecule has 3 heteroatoms. The van der Waals surface area contributed by atoms with Crippen molar-refractivity contribution in [2.75, 3.05) is 6.54 Å². The molecule has 0 radical (unpaired) electrons. The second-order valence-electron chi connectivity index (χ2n) is 4.40. The summed E-state index contributed by atoms with van der Waals surface area (Å²) < 4.78 is 5.37. The molecule has 1 atom stereocenters. The summed E-state index contributed by atoms with van der Waals surface area (Å²) in [6.45, 7) is 3.12. The molecule has 0 fully saturated rings. The average Bonchev–Trinajstić information content (AvgIpc) is 2.91. The van der Waals surface area contributed by atoms with Crippen molar-refractivity contribution in [3.05, 3.63) is 54.2 Å². The van der Waals surface area contributed by atoms with Gasteiger partial charge < -0.3 is 9.73 Å². The maximum Gasteiger partial charge on any atom is 0.103 e. The highest BCUT2D eigenvalue weighted by molar-refractivity contribution is 5.06. The van der Waals surface area contributed by atoms with Gasteiger partial charge in [0.1, 0.15) is 5.76 Å². The number of nitrogens with one attached hydrogen (secondary N) is 1. The van der Waals surface area contributed by atoms with Crippen LogP contribution in [0.5, 0.6) is 0 Å². The summed E-state index contributed by atoms with van der Waals surface area (Å²) in [7, 11) is 0. The lowest BCUT2D eigenvalue weighted by molar-refractivity contribution is 0.445. The Morgan fingerprint density at radius 3 is 2.89 bits per heavy atom. The van der Waals surface area contributed by atoms with Gasteiger partial charge in [-0.05, 0) is 37.2 Å². The first-order valence-corrected chi connectivity index (χ1v) is 6.54. The first kappa shape index (κ1) is 12.8. The monoisotopic (exact) mass is 244 g/mol. The third-order valence-corrected chi connectivity index (χ3v) is 2.99. The van der Waals surface area contributed by atoms with Gasteiger partial charge in [0.25, 0.3) is 0 Å². The van der Waals surface area contributed by atoms with Gasteiger partial charge in [-0.15, -0.1) is 0 Å². The fourth-order valence-electron chi connectivity index (χ4n) is 2.11. The van der Waals surface area contributed by atoms with E-state index in [2.05, 4.69) is 23.3 Å². The Bertz CT molecular complexity index is 425. The van der Waals surface area contributed by atoms with Gasteiger partial charge in [0.15, 0.2) is 0 Å². The van der Waals surface area contributed by atoms with Crippen LogP contribution < -0.4 is 5.32 Å². The van der Waals surface area contributed by atoms with Gasteiger partial charge >= 0.3 is 0 Å². The molecule has 0 saturated carbocycles. The Balaban J connectivity index is 1.87. The maximum absolute atomic E-state index is 5.37. The maximum atomic E-state index is 5.37. The van der Waals surface area contributed by atoms with Crippen molar-refractivity contribution in [3.63, 3.8) is 0 Å². The highest BCUT2D eigenvalue weighted by Crippen LogP contribution is 2.09. The quantitative estimate of drug-likeness (QED) is 0.814. The molecule has 0 amide bonds. The zero-order valence-electron chi connectivity index (χ0n) is 10.8. The third kappa shape index (κ3) is 4.00. The standard InChI is InChI=1S/C15H20N2O/c1-2-16-14(8-9-15-7-5-11-18-15)12-13-6-3-4-10-17-13/h3-7,10-11,14,16H,2,8-9,12H2,1H3. The predicted octanol–water partition coefficient (Wildman–Crippen LogP) is 2.83. The molecule has 18 heavy (non-hydrogen) atoms. The molecule has 0 aromatic carbocycles. The molecule has 2 aromatic heterocycles. The van der Waals surface area contributed by atoms with E-state index in [0.717, 1.165) is 37.3 Å². The summed E-state index contributed by atoms with van der Waals surface area (Å²) >= 11 is 0. The van der Waals surface area contributed by atoms with Gasteiger partial charge in [-0.1, -0.05) is 13.0 Å². The second kappa shape index (κ2) is 6.97. The fraction of sp³-hybridized carbons (Fsp3) is 0.400. The molecule has 0 aliphatic rings. The summed E-state index contributed by atoms with van der Waals surface area (Å²) in [4.78, 5) is 4.38. The van der Waals surface area contributed by atoms with Gasteiger partial charge in [-0.3, -0.25) is 4.98 Å². The topological polar surface area (TPSA) is 38.1 Å². The molecule has 1 unspecified atom stereocenters. The summed E-state index contributed by atoms with van der Waals surface area (Å²) in [5.41, 5.74) is 1.14. The zero-order chi connectivity index (χ0) is 12.6. The van der Waals surface area contributed by atoms with E-state index in [1.807, 2.05) is 30.5 Å². The van der Waals surface area contributed by atoms with Crippen LogP contribution in [0.1, 0.15) is 24.8 Å². The van der Waals surface area contributed by atoms with Crippen LogP contribution in [0.15, 0.2) is 47.2 Å². The Kier molecular flexibility index (Phi) is 4.97. The fourth-order valence-corrected chi connectivity index (χ4v) is 2.11. The van der Waals surface area contributed by atoms with Gasteiger partial charge in [0.2, 0.25) is 0 Å². The SMILES string of the molecule is CCNC(CCc1ccco1)Cc1ccccn1. The van der Waals surface area contributed by atoms with Crippen LogP contribution in [-0.4, -0.2) is 17.6 Å². The molecule has 0 aliphatic heterocycles. The first-order valence-electron chi connectivity index (χ1n) is 6.54. The molecular formula is C15H20N2O. The van der Waals surface area contributed by atoms with Gasteiger partial charge in [-0.2, -0.15) is 0 Å². The van der Waals surface area contributed by atoms with Crippen molar-refractivity contribution in [1.29, 1.82) is 0 Å². The van der Waals surface area contributed by atoms with Crippen LogP contribution in [0.2, 0.25) is 0 Å². The predicted molar refractivity (Wildman–Crippen MR) is 72.4 cm³/mol. The number of aryl methyl sites for hydroxylation is 1. The van der Waals surface area contributed by atoms with E-state index in [1.54, 1.807) is 6.26 Å². The number of likely N-dealkylation sites (N-methyl/N-ethyl adjacent to an activating group) is 1. The number of aromatic nitrogens is 1. The van der Waals surface area contributed by atoms with Crippen LogP contribution >= 0.6 is 0 Å². The highest BCUT2D eigenvalue weighted by atomic mass is 16.3. The van der Waals surface area contributed by atoms with E-state index >= 15 is 0 Å². The Morgan fingerprint density at radius 2 is 2.22 bits per heavy atom. The molecule has 0 aliphatic carbocycles. The van der Waals surface area contributed by atoms with Gasteiger partial charge in [0, 0.05) is 30.8 Å². The Labute approximate surface area is 108 Å². The van der Waals surface area contributed by atoms with Crippen LogP contribution in [0.25, 0.3) is 0 Å². The second-order valence-corrected chi connectivity index (χ2v) is 4.40. The molecule has 2 aromatic rings. The number of hydrogen-bond acceptors (Lipinski definition) is 3. The summed E-state index contributed by atoms with van der Waals surface area (Å²) in [6.07, 6.45) is 6.59. The minimum atomic E-state index is 0.454. The summed E-state index contributed by atoms with van der Waals surface area (Å²) in [5.74, 6) is 1.05. The Hall–Kier alpha value is -1.61. The largest absolute Gasteiger partial charge is 0.469 e. The minimum absolute atomic E-state index is 0.454. The minimum Gasteiger partial charge on any atom is -0.469 e. The van der Waals surface area contributed by atoms with Gasteiger partial charge in [-0.25, -0.2) is 0 Å². The molecule has 0 bridgehead atoms. The lowest BCUT2D eigenvalue weighted by atomic mass is 10.0. The van der Waals surface area contributed by atoms with Crippen molar-refractivity contribution < 1.29 is 4.42 Å². The van der Waals surface area contributed by atoms with Crippen molar-refractivity contribution >= 4 is 0 Å². The number of pyridine rings is 1. The molecule has 0 saturated heterocycles. The van der Waals surface area contributed by atoms with E-state index in [4.69, 9.17) is 4.42 Å². The van der Waals surface area contributed by atoms with Crippen LogP contribution in [0, 0.1) is 0 Å². The molecule has 2 heterocycles. The van der Waals surface area contributed by atoms with E-state index in [-0.39, 0.29) is 0 Å². The van der Waals surface area contributed by atoms with Crippen LogP contribution in [0.3, 0.4) is 0 Å². The average molecular weight is 244 g/mol. The highest BCUT2D eigenvalue weighted by Gasteiger charge is 2.10. The van der Waals surface area contributed by atoms with E-state index in [0.29, 0.717) is 6.04 Å². The molecule has 3 nitrogen and oxygen atoms in total. The molecule has 96 valence electrons. The number of rotatable bonds is 7. The third-order valence-electron chi connectivity index (χ3n) is 2.99. The van der Waals surface area contributed by atoms with Crippen LogP contribution in [0.4, 0.5) is 0 Å². The molecular weight excluding hydrogens is 224 g/mol. The smallest absolute Gasteiger partial charge is 0.103 e. The molecule has 1 N–H and O–H groups in total. The lowest BCUT2D eigenvalue weighted by Gasteiger charge is -2.16. The van der Waals surface area contributed by atoms with E-state index in [9.17, 15) is 0 Å². The summed E-state index contributed by atoms with van der Waals surface area (Å²) in [6, 6.07) is 10.5. The zero-order valence-corrected chi connectivity index (χ0v) is 10.8. The van der Waals surface area contributed by atoms with Crippen molar-refractivity contribution in [2.45, 2.75) is 32.2 Å². The van der Waals surface area contributed by atoms with Crippen molar-refractivity contribution in [2.24, 2.45) is 0 Å². The number of furan rings is 1. The molecule has 2 rings (SSSR count).